The second-order valence-corrected chi connectivity index (χ2v) is 5.65. The van der Waals surface area contributed by atoms with Crippen LogP contribution in [-0.4, -0.2) is 10.7 Å². The third-order valence-electron chi connectivity index (χ3n) is 2.72. The molecule has 0 spiro atoms. The van der Waals surface area contributed by atoms with Gasteiger partial charge in [0.25, 0.3) is 0 Å². The van der Waals surface area contributed by atoms with E-state index in [2.05, 4.69) is 21.6 Å². The fourth-order valence-corrected chi connectivity index (χ4v) is 2.87. The SMILES string of the molecule is N#C/C(=N/Nc1cccc(Cl)c1)c1nc2ccccc2s1. The van der Waals surface area contributed by atoms with E-state index in [1.165, 1.54) is 11.3 Å². The van der Waals surface area contributed by atoms with Crippen LogP contribution in [0.4, 0.5) is 5.69 Å². The molecule has 2 aromatic carbocycles. The lowest BCUT2D eigenvalue weighted by Crippen LogP contribution is -2.01. The van der Waals surface area contributed by atoms with E-state index in [0.29, 0.717) is 10.0 Å². The maximum Gasteiger partial charge on any atom is 0.196 e. The molecule has 0 aliphatic rings. The van der Waals surface area contributed by atoms with Gasteiger partial charge >= 0.3 is 0 Å². The Morgan fingerprint density at radius 1 is 1.24 bits per heavy atom. The maximum atomic E-state index is 9.26. The van der Waals surface area contributed by atoms with Crippen LogP contribution >= 0.6 is 22.9 Å². The monoisotopic (exact) mass is 312 g/mol. The Labute approximate surface area is 130 Å². The number of nitrogens with zero attached hydrogens (tertiary/aromatic N) is 3. The van der Waals surface area contributed by atoms with Gasteiger partial charge in [-0.2, -0.15) is 10.4 Å². The molecule has 0 amide bonds. The predicted octanol–water partition coefficient (Wildman–Crippen LogP) is 4.29. The predicted molar refractivity (Wildman–Crippen MR) is 86.8 cm³/mol. The molecule has 1 aromatic heterocycles. The molecule has 6 heteroatoms. The first-order valence-electron chi connectivity index (χ1n) is 6.11. The van der Waals surface area contributed by atoms with Gasteiger partial charge in [0, 0.05) is 5.02 Å². The van der Waals surface area contributed by atoms with Crippen molar-refractivity contribution in [3.05, 3.63) is 58.6 Å². The third-order valence-corrected chi connectivity index (χ3v) is 4.00. The molecule has 3 rings (SSSR count). The van der Waals surface area contributed by atoms with E-state index in [9.17, 15) is 5.26 Å². The van der Waals surface area contributed by atoms with Crippen molar-refractivity contribution in [3.8, 4) is 6.07 Å². The Hall–Kier alpha value is -2.42. The summed E-state index contributed by atoms with van der Waals surface area (Å²) >= 11 is 7.34. The van der Waals surface area contributed by atoms with Gasteiger partial charge in [-0.25, -0.2) is 4.98 Å². The summed E-state index contributed by atoms with van der Waals surface area (Å²) in [5.74, 6) is 0. The lowest BCUT2D eigenvalue weighted by Gasteiger charge is -2.00. The van der Waals surface area contributed by atoms with E-state index in [-0.39, 0.29) is 5.71 Å². The standard InChI is InChI=1S/C15H9ClN4S/c16-10-4-3-5-11(8-10)19-20-13(9-17)15-18-12-6-1-2-7-14(12)21-15/h1-8,19H/b20-13-. The number of nitriles is 1. The minimum Gasteiger partial charge on any atom is -0.277 e. The Morgan fingerprint density at radius 3 is 2.86 bits per heavy atom. The van der Waals surface area contributed by atoms with E-state index >= 15 is 0 Å². The number of hydrazone groups is 1. The Morgan fingerprint density at radius 2 is 2.10 bits per heavy atom. The van der Waals surface area contributed by atoms with Crippen molar-refractivity contribution in [1.82, 2.24) is 4.98 Å². The Kier molecular flexibility index (Phi) is 3.82. The molecule has 0 saturated carbocycles. The van der Waals surface area contributed by atoms with Crippen LogP contribution in [0.15, 0.2) is 53.6 Å². The van der Waals surface area contributed by atoms with Crippen molar-refractivity contribution < 1.29 is 0 Å². The summed E-state index contributed by atoms with van der Waals surface area (Å²) in [7, 11) is 0. The Bertz CT molecular complexity index is 830. The topological polar surface area (TPSA) is 61.1 Å². The van der Waals surface area contributed by atoms with Crippen LogP contribution in [0.1, 0.15) is 5.01 Å². The highest BCUT2D eigenvalue weighted by Crippen LogP contribution is 2.22. The molecule has 3 aromatic rings. The van der Waals surface area contributed by atoms with Gasteiger partial charge in [0.1, 0.15) is 6.07 Å². The van der Waals surface area contributed by atoms with Gasteiger partial charge < -0.3 is 0 Å². The summed E-state index contributed by atoms with van der Waals surface area (Å²) < 4.78 is 1.03. The molecule has 102 valence electrons. The van der Waals surface area contributed by atoms with Crippen molar-refractivity contribution in [2.24, 2.45) is 5.10 Å². The lowest BCUT2D eigenvalue weighted by molar-refractivity contribution is 1.32. The lowest BCUT2D eigenvalue weighted by atomic mass is 10.3. The number of benzene rings is 2. The minimum absolute atomic E-state index is 0.246. The molecule has 0 aliphatic carbocycles. The molecule has 0 atom stereocenters. The Balaban J connectivity index is 1.91. The largest absolute Gasteiger partial charge is 0.277 e. The number of fused-ring (bicyclic) bond motifs is 1. The van der Waals surface area contributed by atoms with E-state index in [4.69, 9.17) is 11.6 Å². The first kappa shape index (κ1) is 13.6. The highest BCUT2D eigenvalue weighted by atomic mass is 35.5. The van der Waals surface area contributed by atoms with Crippen LogP contribution in [0, 0.1) is 11.3 Å². The maximum absolute atomic E-state index is 9.26. The molecular weight excluding hydrogens is 304 g/mol. The molecule has 0 unspecified atom stereocenters. The fraction of sp³-hybridized carbons (Fsp3) is 0. The van der Waals surface area contributed by atoms with E-state index in [0.717, 1.165) is 15.9 Å². The van der Waals surface area contributed by atoms with Crippen LogP contribution in [0.25, 0.3) is 10.2 Å². The smallest absolute Gasteiger partial charge is 0.196 e. The quantitative estimate of drug-likeness (QED) is 0.579. The molecule has 0 saturated heterocycles. The summed E-state index contributed by atoms with van der Waals surface area (Å²) in [5.41, 5.74) is 4.66. The van der Waals surface area contributed by atoms with Crippen molar-refractivity contribution in [2.45, 2.75) is 0 Å². The minimum atomic E-state index is 0.246. The molecule has 0 radical (unpaired) electrons. The molecule has 1 N–H and O–H groups in total. The summed E-state index contributed by atoms with van der Waals surface area (Å²) in [6, 6.07) is 16.9. The van der Waals surface area contributed by atoms with Crippen LogP contribution in [0.2, 0.25) is 5.02 Å². The van der Waals surface area contributed by atoms with Crippen molar-refractivity contribution in [2.75, 3.05) is 5.43 Å². The molecule has 1 heterocycles. The number of thiazole rings is 1. The number of para-hydroxylation sites is 1. The van der Waals surface area contributed by atoms with Crippen molar-refractivity contribution in [3.63, 3.8) is 0 Å². The number of aromatic nitrogens is 1. The first-order valence-corrected chi connectivity index (χ1v) is 7.31. The highest BCUT2D eigenvalue weighted by molar-refractivity contribution is 7.20. The summed E-state index contributed by atoms with van der Waals surface area (Å²) in [5, 5.41) is 14.6. The fourth-order valence-electron chi connectivity index (χ4n) is 1.77. The average molecular weight is 313 g/mol. The normalized spacial score (nSPS) is 11.3. The number of hydrogen-bond donors (Lipinski definition) is 1. The van der Waals surface area contributed by atoms with Gasteiger partial charge in [-0.3, -0.25) is 5.43 Å². The van der Waals surface area contributed by atoms with Crippen LogP contribution < -0.4 is 5.43 Å². The number of hydrogen-bond acceptors (Lipinski definition) is 5. The van der Waals surface area contributed by atoms with Gasteiger partial charge in [-0.15, -0.1) is 11.3 Å². The van der Waals surface area contributed by atoms with Gasteiger partial charge in [0.15, 0.2) is 10.7 Å². The zero-order valence-corrected chi connectivity index (χ0v) is 12.3. The first-order chi connectivity index (χ1) is 10.3. The highest BCUT2D eigenvalue weighted by Gasteiger charge is 2.09. The summed E-state index contributed by atoms with van der Waals surface area (Å²) in [4.78, 5) is 4.41. The molecule has 0 fully saturated rings. The molecule has 21 heavy (non-hydrogen) atoms. The second kappa shape index (κ2) is 5.92. The van der Waals surface area contributed by atoms with E-state index < -0.39 is 0 Å². The number of anilines is 1. The molecule has 0 aliphatic heterocycles. The van der Waals surface area contributed by atoms with Crippen LogP contribution in [-0.2, 0) is 0 Å². The van der Waals surface area contributed by atoms with Gasteiger partial charge in [0.05, 0.1) is 15.9 Å². The average Bonchev–Trinajstić information content (AvgIpc) is 2.91. The number of rotatable bonds is 3. The zero-order chi connectivity index (χ0) is 14.7. The van der Waals surface area contributed by atoms with Crippen molar-refractivity contribution >= 4 is 44.6 Å². The van der Waals surface area contributed by atoms with Crippen molar-refractivity contribution in [1.29, 1.82) is 5.26 Å². The number of nitrogens with one attached hydrogen (secondary N) is 1. The third kappa shape index (κ3) is 3.02. The second-order valence-electron chi connectivity index (χ2n) is 4.18. The van der Waals surface area contributed by atoms with Gasteiger partial charge in [-0.1, -0.05) is 29.8 Å². The van der Waals surface area contributed by atoms with Gasteiger partial charge in [-0.05, 0) is 30.3 Å². The van der Waals surface area contributed by atoms with E-state index in [1.807, 2.05) is 36.4 Å². The summed E-state index contributed by atoms with van der Waals surface area (Å²) in [6.07, 6.45) is 0. The van der Waals surface area contributed by atoms with E-state index in [1.54, 1.807) is 12.1 Å². The van der Waals surface area contributed by atoms with Crippen LogP contribution in [0.3, 0.4) is 0 Å². The molecule has 0 bridgehead atoms. The van der Waals surface area contributed by atoms with Crippen LogP contribution in [0.5, 0.6) is 0 Å². The zero-order valence-electron chi connectivity index (χ0n) is 10.7. The molecular formula is C15H9ClN4S. The number of halogens is 1. The van der Waals surface area contributed by atoms with Gasteiger partial charge in [0.2, 0.25) is 0 Å². The molecule has 4 nitrogen and oxygen atoms in total. The summed E-state index contributed by atoms with van der Waals surface area (Å²) in [6.45, 7) is 0.